The van der Waals surface area contributed by atoms with Crippen LogP contribution in [0.2, 0.25) is 0 Å². The summed E-state index contributed by atoms with van der Waals surface area (Å²) >= 11 is 0. The summed E-state index contributed by atoms with van der Waals surface area (Å²) in [4.78, 5) is 0. The zero-order valence-electron chi connectivity index (χ0n) is 12.1. The lowest BCUT2D eigenvalue weighted by Gasteiger charge is -2.15. The molecule has 108 valence electrons. The van der Waals surface area contributed by atoms with Crippen molar-refractivity contribution >= 4 is 0 Å². The van der Waals surface area contributed by atoms with E-state index in [4.69, 9.17) is 14.2 Å². The molecule has 0 unspecified atom stereocenters. The molecule has 0 radical (unpaired) electrons. The van der Waals surface area contributed by atoms with Gasteiger partial charge in [0.2, 0.25) is 0 Å². The topological polar surface area (TPSA) is 39.7 Å². The van der Waals surface area contributed by atoms with Crippen molar-refractivity contribution in [3.63, 3.8) is 0 Å². The molecule has 0 saturated heterocycles. The van der Waals surface area contributed by atoms with Crippen LogP contribution < -0.4 is 10.1 Å². The van der Waals surface area contributed by atoms with Crippen LogP contribution in [0.15, 0.2) is 24.3 Å². The first-order valence-electron chi connectivity index (χ1n) is 6.72. The molecule has 0 heterocycles. The summed E-state index contributed by atoms with van der Waals surface area (Å²) in [5.41, 5.74) is 1.22. The third kappa shape index (κ3) is 6.57. The van der Waals surface area contributed by atoms with E-state index in [2.05, 4.69) is 24.4 Å². The normalized spacial score (nSPS) is 12.4. The van der Waals surface area contributed by atoms with Crippen LogP contribution in [0.1, 0.15) is 24.9 Å². The van der Waals surface area contributed by atoms with Gasteiger partial charge in [-0.2, -0.15) is 0 Å². The quantitative estimate of drug-likeness (QED) is 0.661. The highest BCUT2D eigenvalue weighted by Gasteiger charge is 2.05. The molecule has 4 nitrogen and oxygen atoms in total. The number of benzene rings is 1. The van der Waals surface area contributed by atoms with Crippen molar-refractivity contribution in [2.24, 2.45) is 0 Å². The van der Waals surface area contributed by atoms with Gasteiger partial charge in [0, 0.05) is 32.9 Å². The Morgan fingerprint density at radius 2 is 2.00 bits per heavy atom. The average molecular weight is 267 g/mol. The number of rotatable bonds is 10. The molecule has 0 bridgehead atoms. The van der Waals surface area contributed by atoms with Crippen molar-refractivity contribution in [3.05, 3.63) is 29.8 Å². The molecule has 0 amide bonds. The van der Waals surface area contributed by atoms with Gasteiger partial charge in [0.05, 0.1) is 13.7 Å². The monoisotopic (exact) mass is 267 g/mol. The lowest BCUT2D eigenvalue weighted by Crippen LogP contribution is -2.23. The van der Waals surface area contributed by atoms with Gasteiger partial charge in [0.1, 0.15) is 5.75 Å². The Kier molecular flexibility index (Phi) is 8.21. The molecule has 0 fully saturated rings. The Hall–Kier alpha value is -1.10. The molecule has 0 aliphatic carbocycles. The highest BCUT2D eigenvalue weighted by molar-refractivity contribution is 5.30. The van der Waals surface area contributed by atoms with E-state index in [1.807, 2.05) is 12.1 Å². The highest BCUT2D eigenvalue weighted by atomic mass is 16.5. The molecule has 0 aliphatic rings. The maximum atomic E-state index is 5.50. The lowest BCUT2D eigenvalue weighted by atomic mass is 10.1. The standard InChI is InChI=1S/C15H25NO3/c1-13(14-6-4-7-15(12-14)18-3)16-8-11-19-10-5-9-17-2/h4,6-7,12-13,16H,5,8-11H2,1-3H3/t13-/m1/s1. The van der Waals surface area contributed by atoms with Crippen molar-refractivity contribution in [2.45, 2.75) is 19.4 Å². The maximum Gasteiger partial charge on any atom is 0.119 e. The minimum Gasteiger partial charge on any atom is -0.497 e. The molecule has 1 atom stereocenters. The Balaban J connectivity index is 2.18. The van der Waals surface area contributed by atoms with E-state index in [1.165, 1.54) is 5.56 Å². The van der Waals surface area contributed by atoms with Gasteiger partial charge >= 0.3 is 0 Å². The van der Waals surface area contributed by atoms with Crippen LogP contribution in [-0.2, 0) is 9.47 Å². The molecule has 0 aliphatic heterocycles. The molecule has 0 aromatic heterocycles. The minimum atomic E-state index is 0.290. The fourth-order valence-electron chi connectivity index (χ4n) is 1.78. The maximum absolute atomic E-state index is 5.50. The average Bonchev–Trinajstić information content (AvgIpc) is 2.46. The lowest BCUT2D eigenvalue weighted by molar-refractivity contribution is 0.103. The second-order valence-electron chi connectivity index (χ2n) is 4.41. The van der Waals surface area contributed by atoms with Gasteiger partial charge in [-0.1, -0.05) is 12.1 Å². The zero-order valence-corrected chi connectivity index (χ0v) is 12.1. The first kappa shape index (κ1) is 16.0. The van der Waals surface area contributed by atoms with Gasteiger partial charge in [-0.25, -0.2) is 0 Å². The van der Waals surface area contributed by atoms with Crippen LogP contribution >= 0.6 is 0 Å². The molecule has 0 saturated carbocycles. The fourth-order valence-corrected chi connectivity index (χ4v) is 1.78. The van der Waals surface area contributed by atoms with Crippen LogP contribution in [0.25, 0.3) is 0 Å². The highest BCUT2D eigenvalue weighted by Crippen LogP contribution is 2.18. The van der Waals surface area contributed by atoms with Crippen molar-refractivity contribution in [3.8, 4) is 5.75 Å². The Morgan fingerprint density at radius 1 is 1.16 bits per heavy atom. The number of methoxy groups -OCH3 is 2. The first-order valence-corrected chi connectivity index (χ1v) is 6.72. The molecule has 1 aromatic carbocycles. The van der Waals surface area contributed by atoms with Crippen molar-refractivity contribution in [2.75, 3.05) is 40.6 Å². The predicted molar refractivity (Wildman–Crippen MR) is 76.7 cm³/mol. The second-order valence-corrected chi connectivity index (χ2v) is 4.41. The number of hydrogen-bond acceptors (Lipinski definition) is 4. The minimum absolute atomic E-state index is 0.290. The number of hydrogen-bond donors (Lipinski definition) is 1. The second kappa shape index (κ2) is 9.78. The van der Waals surface area contributed by atoms with Crippen LogP contribution in [-0.4, -0.2) is 40.6 Å². The summed E-state index contributed by atoms with van der Waals surface area (Å²) in [6.07, 6.45) is 0.946. The molecular weight excluding hydrogens is 242 g/mol. The third-order valence-electron chi connectivity index (χ3n) is 2.93. The SMILES string of the molecule is COCCCOCCN[C@H](C)c1cccc(OC)c1. The van der Waals surface area contributed by atoms with Crippen molar-refractivity contribution in [1.29, 1.82) is 0 Å². The third-order valence-corrected chi connectivity index (χ3v) is 2.93. The Morgan fingerprint density at radius 3 is 2.74 bits per heavy atom. The summed E-state index contributed by atoms with van der Waals surface area (Å²) in [6, 6.07) is 8.40. The van der Waals surface area contributed by atoms with Gasteiger partial charge in [0.25, 0.3) is 0 Å². The van der Waals surface area contributed by atoms with E-state index in [-0.39, 0.29) is 6.04 Å². The van der Waals surface area contributed by atoms with E-state index in [0.717, 1.165) is 38.5 Å². The molecular formula is C15H25NO3. The summed E-state index contributed by atoms with van der Waals surface area (Å²) in [6.45, 7) is 5.21. The van der Waals surface area contributed by atoms with Gasteiger partial charge < -0.3 is 19.5 Å². The van der Waals surface area contributed by atoms with Gasteiger partial charge in [0.15, 0.2) is 0 Å². The fraction of sp³-hybridized carbons (Fsp3) is 0.600. The predicted octanol–water partition coefficient (Wildman–Crippen LogP) is 2.40. The summed E-state index contributed by atoms with van der Waals surface area (Å²) in [5, 5.41) is 3.43. The van der Waals surface area contributed by atoms with Gasteiger partial charge in [-0.15, -0.1) is 0 Å². The van der Waals surface area contributed by atoms with Crippen LogP contribution in [0.3, 0.4) is 0 Å². The van der Waals surface area contributed by atoms with E-state index in [1.54, 1.807) is 14.2 Å². The molecule has 0 spiro atoms. The van der Waals surface area contributed by atoms with Crippen molar-refractivity contribution in [1.82, 2.24) is 5.32 Å². The molecule has 19 heavy (non-hydrogen) atoms. The summed E-state index contributed by atoms with van der Waals surface area (Å²) in [5.74, 6) is 0.891. The van der Waals surface area contributed by atoms with Crippen LogP contribution in [0, 0.1) is 0 Å². The van der Waals surface area contributed by atoms with Crippen LogP contribution in [0.4, 0.5) is 0 Å². The Labute approximate surface area is 116 Å². The molecule has 1 aromatic rings. The zero-order chi connectivity index (χ0) is 13.9. The number of nitrogens with one attached hydrogen (secondary N) is 1. The largest absolute Gasteiger partial charge is 0.497 e. The van der Waals surface area contributed by atoms with Crippen LogP contribution in [0.5, 0.6) is 5.75 Å². The van der Waals surface area contributed by atoms with E-state index in [0.29, 0.717) is 0 Å². The van der Waals surface area contributed by atoms with E-state index < -0.39 is 0 Å². The van der Waals surface area contributed by atoms with Crippen molar-refractivity contribution < 1.29 is 14.2 Å². The smallest absolute Gasteiger partial charge is 0.119 e. The first-order chi connectivity index (χ1) is 9.27. The van der Waals surface area contributed by atoms with Gasteiger partial charge in [-0.05, 0) is 31.0 Å². The molecule has 1 N–H and O–H groups in total. The summed E-state index contributed by atoms with van der Waals surface area (Å²) < 4.78 is 15.7. The van der Waals surface area contributed by atoms with Gasteiger partial charge in [-0.3, -0.25) is 0 Å². The molecule has 4 heteroatoms. The number of ether oxygens (including phenoxy) is 3. The van der Waals surface area contributed by atoms with E-state index in [9.17, 15) is 0 Å². The molecule has 1 rings (SSSR count). The van der Waals surface area contributed by atoms with E-state index >= 15 is 0 Å². The summed E-state index contributed by atoms with van der Waals surface area (Å²) in [7, 11) is 3.39. The Bertz CT molecular complexity index is 344.